The number of sulfonamides is 1. The molecule has 1 aliphatic rings. The third-order valence-electron chi connectivity index (χ3n) is 5.67. The summed E-state index contributed by atoms with van der Waals surface area (Å²) in [6.45, 7) is 3.50. The average molecular weight is 424 g/mol. The van der Waals surface area contributed by atoms with Gasteiger partial charge in [-0.3, -0.25) is 14.4 Å². The minimum atomic E-state index is -3.37. The summed E-state index contributed by atoms with van der Waals surface area (Å²) in [6, 6.07) is 21.4. The number of benzene rings is 3. The molecule has 1 atom stereocenters. The zero-order valence-corrected chi connectivity index (χ0v) is 17.9. The fraction of sp³-hybridized carbons (Fsp3) is 0.261. The van der Waals surface area contributed by atoms with Gasteiger partial charge in [0, 0.05) is 18.8 Å². The van der Waals surface area contributed by atoms with Gasteiger partial charge in [0.1, 0.15) is 0 Å². The maximum Gasteiger partial charge on any atom is 0.244 e. The third-order valence-corrected chi connectivity index (χ3v) is 6.27. The molecule has 0 bridgehead atoms. The number of carbonyl (C=O) groups excluding carboxylic acids is 1. The van der Waals surface area contributed by atoms with Crippen molar-refractivity contribution in [3.63, 3.8) is 0 Å². The molecule has 7 heteroatoms. The van der Waals surface area contributed by atoms with E-state index in [1.165, 1.54) is 16.3 Å². The minimum absolute atomic E-state index is 0.0916. The van der Waals surface area contributed by atoms with Gasteiger partial charge in [0.25, 0.3) is 0 Å². The predicted octanol–water partition coefficient (Wildman–Crippen LogP) is 3.81. The Hall–Kier alpha value is -2.90. The molecule has 3 aromatic rings. The van der Waals surface area contributed by atoms with Crippen LogP contribution in [0.25, 0.3) is 10.8 Å². The summed E-state index contributed by atoms with van der Waals surface area (Å²) in [5, 5.41) is 5.33. The van der Waals surface area contributed by atoms with Crippen molar-refractivity contribution >= 4 is 38.1 Å². The predicted molar refractivity (Wildman–Crippen MR) is 121 cm³/mol. The second-order valence-corrected chi connectivity index (χ2v) is 9.78. The van der Waals surface area contributed by atoms with Crippen LogP contribution in [0.3, 0.4) is 0 Å². The number of anilines is 2. The molecule has 1 heterocycles. The Bertz CT molecular complexity index is 1210. The summed E-state index contributed by atoms with van der Waals surface area (Å²) in [7, 11) is -3.37. The molecular weight excluding hydrogens is 398 g/mol. The number of amides is 1. The molecule has 1 unspecified atom stereocenters. The first-order valence-electron chi connectivity index (χ1n) is 9.85. The van der Waals surface area contributed by atoms with Crippen LogP contribution < -0.4 is 10.0 Å². The molecule has 156 valence electrons. The molecule has 1 amide bonds. The van der Waals surface area contributed by atoms with Crippen LogP contribution in [-0.4, -0.2) is 37.6 Å². The van der Waals surface area contributed by atoms with Crippen molar-refractivity contribution in [2.45, 2.75) is 25.4 Å². The standard InChI is InChI=1S/C23H25N3O3S/c1-23(22(27)24-20-8-5-9-21(15-20)25-30(2,28)29)12-13-26(23)16-17-10-11-18-6-3-4-7-19(18)14-17/h3-11,14-15,25H,12-13,16H2,1-2H3,(H,24,27). The molecule has 0 aliphatic carbocycles. The Labute approximate surface area is 177 Å². The first-order valence-corrected chi connectivity index (χ1v) is 11.7. The van der Waals surface area contributed by atoms with Gasteiger partial charge >= 0.3 is 0 Å². The van der Waals surface area contributed by atoms with E-state index < -0.39 is 15.6 Å². The van der Waals surface area contributed by atoms with Crippen molar-refractivity contribution < 1.29 is 13.2 Å². The Morgan fingerprint density at radius 1 is 1.00 bits per heavy atom. The second-order valence-electron chi connectivity index (χ2n) is 8.04. The van der Waals surface area contributed by atoms with Crippen molar-refractivity contribution in [1.82, 2.24) is 4.90 Å². The van der Waals surface area contributed by atoms with Gasteiger partial charge in [-0.2, -0.15) is 0 Å². The molecule has 30 heavy (non-hydrogen) atoms. The van der Waals surface area contributed by atoms with Gasteiger partial charge in [-0.05, 0) is 53.9 Å². The number of likely N-dealkylation sites (tertiary alicyclic amines) is 1. The highest BCUT2D eigenvalue weighted by Crippen LogP contribution is 2.34. The molecule has 0 radical (unpaired) electrons. The fourth-order valence-corrected chi connectivity index (χ4v) is 4.37. The van der Waals surface area contributed by atoms with E-state index in [9.17, 15) is 13.2 Å². The van der Waals surface area contributed by atoms with Crippen LogP contribution in [0.2, 0.25) is 0 Å². The van der Waals surface area contributed by atoms with Gasteiger partial charge in [-0.25, -0.2) is 8.42 Å². The van der Waals surface area contributed by atoms with Crippen LogP contribution in [0.5, 0.6) is 0 Å². The number of hydrogen-bond acceptors (Lipinski definition) is 4. The molecule has 1 fully saturated rings. The highest BCUT2D eigenvalue weighted by atomic mass is 32.2. The summed E-state index contributed by atoms with van der Waals surface area (Å²) in [4.78, 5) is 15.2. The molecule has 0 saturated carbocycles. The molecule has 6 nitrogen and oxygen atoms in total. The maximum atomic E-state index is 13.0. The zero-order chi connectivity index (χ0) is 21.4. The summed E-state index contributed by atoms with van der Waals surface area (Å²) >= 11 is 0. The molecule has 4 rings (SSSR count). The molecule has 0 aromatic heterocycles. The van der Waals surface area contributed by atoms with E-state index >= 15 is 0 Å². The lowest BCUT2D eigenvalue weighted by Gasteiger charge is -2.49. The van der Waals surface area contributed by atoms with Crippen LogP contribution in [0, 0.1) is 0 Å². The smallest absolute Gasteiger partial charge is 0.244 e. The van der Waals surface area contributed by atoms with E-state index in [0.717, 1.165) is 19.2 Å². The molecular formula is C23H25N3O3S. The van der Waals surface area contributed by atoms with E-state index in [1.807, 2.05) is 19.1 Å². The largest absolute Gasteiger partial charge is 0.324 e. The van der Waals surface area contributed by atoms with E-state index in [0.29, 0.717) is 17.9 Å². The van der Waals surface area contributed by atoms with E-state index in [-0.39, 0.29) is 5.91 Å². The third kappa shape index (κ3) is 4.32. The normalized spacial score (nSPS) is 19.3. The van der Waals surface area contributed by atoms with Crippen molar-refractivity contribution in [2.24, 2.45) is 0 Å². The lowest BCUT2D eigenvalue weighted by molar-refractivity contribution is -0.136. The van der Waals surface area contributed by atoms with Gasteiger partial charge in [0.15, 0.2) is 0 Å². The van der Waals surface area contributed by atoms with Crippen LogP contribution in [0.4, 0.5) is 11.4 Å². The molecule has 3 aromatic carbocycles. The van der Waals surface area contributed by atoms with Crippen molar-refractivity contribution in [2.75, 3.05) is 22.8 Å². The Morgan fingerprint density at radius 2 is 1.73 bits per heavy atom. The minimum Gasteiger partial charge on any atom is -0.324 e. The highest BCUT2D eigenvalue weighted by molar-refractivity contribution is 7.92. The number of fused-ring (bicyclic) bond motifs is 1. The SMILES string of the molecule is CC1(C(=O)Nc2cccc(NS(C)(=O)=O)c2)CCN1Cc1ccc2ccccc2c1. The van der Waals surface area contributed by atoms with Crippen LogP contribution in [-0.2, 0) is 21.4 Å². The summed E-state index contributed by atoms with van der Waals surface area (Å²) in [5.74, 6) is -0.0916. The molecule has 1 aliphatic heterocycles. The second kappa shape index (κ2) is 7.74. The van der Waals surface area contributed by atoms with E-state index in [1.54, 1.807) is 24.3 Å². The van der Waals surface area contributed by atoms with Gasteiger partial charge < -0.3 is 5.32 Å². The van der Waals surface area contributed by atoms with Crippen LogP contribution >= 0.6 is 0 Å². The van der Waals surface area contributed by atoms with Crippen LogP contribution in [0.15, 0.2) is 66.7 Å². The lowest BCUT2D eigenvalue weighted by Crippen LogP contribution is -2.63. The summed E-state index contributed by atoms with van der Waals surface area (Å²) in [6.07, 6.45) is 1.87. The van der Waals surface area contributed by atoms with Crippen molar-refractivity contribution in [3.8, 4) is 0 Å². The number of rotatable bonds is 6. The lowest BCUT2D eigenvalue weighted by atomic mass is 9.85. The number of carbonyl (C=O) groups is 1. The van der Waals surface area contributed by atoms with Gasteiger partial charge in [-0.1, -0.05) is 42.5 Å². The van der Waals surface area contributed by atoms with Crippen molar-refractivity contribution in [1.29, 1.82) is 0 Å². The first kappa shape index (κ1) is 20.4. The number of hydrogen-bond donors (Lipinski definition) is 2. The molecule has 1 saturated heterocycles. The number of nitrogens with one attached hydrogen (secondary N) is 2. The molecule has 2 N–H and O–H groups in total. The first-order chi connectivity index (χ1) is 14.2. The Kier molecular flexibility index (Phi) is 5.26. The fourth-order valence-electron chi connectivity index (χ4n) is 3.81. The van der Waals surface area contributed by atoms with Crippen LogP contribution in [0.1, 0.15) is 18.9 Å². The van der Waals surface area contributed by atoms with E-state index in [4.69, 9.17) is 0 Å². The summed E-state index contributed by atoms with van der Waals surface area (Å²) in [5.41, 5.74) is 1.55. The number of nitrogens with zero attached hydrogens (tertiary/aromatic N) is 1. The van der Waals surface area contributed by atoms with E-state index in [2.05, 4.69) is 45.3 Å². The Balaban J connectivity index is 1.46. The van der Waals surface area contributed by atoms with Gasteiger partial charge in [-0.15, -0.1) is 0 Å². The average Bonchev–Trinajstić information content (AvgIpc) is 2.69. The maximum absolute atomic E-state index is 13.0. The monoisotopic (exact) mass is 423 g/mol. The summed E-state index contributed by atoms with van der Waals surface area (Å²) < 4.78 is 25.3. The zero-order valence-electron chi connectivity index (χ0n) is 17.1. The van der Waals surface area contributed by atoms with Gasteiger partial charge in [0.2, 0.25) is 15.9 Å². The quantitative estimate of drug-likeness (QED) is 0.632. The topological polar surface area (TPSA) is 78.5 Å². The highest BCUT2D eigenvalue weighted by Gasteiger charge is 2.46. The van der Waals surface area contributed by atoms with Gasteiger partial charge in [0.05, 0.1) is 17.5 Å². The Morgan fingerprint density at radius 3 is 2.43 bits per heavy atom. The van der Waals surface area contributed by atoms with Crippen molar-refractivity contribution in [3.05, 3.63) is 72.3 Å². The molecule has 0 spiro atoms.